The first-order valence-corrected chi connectivity index (χ1v) is 8.26. The number of rotatable bonds is 5. The predicted molar refractivity (Wildman–Crippen MR) is 87.8 cm³/mol. The second-order valence-corrected chi connectivity index (χ2v) is 6.26. The maximum atomic E-state index is 12.6. The molecule has 0 aliphatic carbocycles. The Hall–Kier alpha value is -2.46. The zero-order chi connectivity index (χ0) is 15.4. The summed E-state index contributed by atoms with van der Waals surface area (Å²) in [4.78, 5) is 12.9. The molecule has 0 saturated heterocycles. The van der Waals surface area contributed by atoms with Crippen LogP contribution in [0.25, 0.3) is 5.69 Å². The van der Waals surface area contributed by atoms with Gasteiger partial charge in [0.25, 0.3) is 0 Å². The normalized spacial score (nSPS) is 12.0. The van der Waals surface area contributed by atoms with Gasteiger partial charge in [0.1, 0.15) is 0 Å². The molecule has 1 unspecified atom stereocenters. The Morgan fingerprint density at radius 3 is 2.23 bits per heavy atom. The van der Waals surface area contributed by atoms with E-state index in [1.807, 2.05) is 71.6 Å². The summed E-state index contributed by atoms with van der Waals surface area (Å²) in [5.74, 6) is -0.122. The topological polar surface area (TPSA) is 39.1 Å². The molecule has 0 saturated carbocycles. The van der Waals surface area contributed by atoms with Crippen LogP contribution in [-0.2, 0) is 10.8 Å². The van der Waals surface area contributed by atoms with Crippen molar-refractivity contribution in [3.63, 3.8) is 0 Å². The molecule has 2 aromatic carbocycles. The third kappa shape index (κ3) is 3.07. The molecule has 110 valence electrons. The minimum Gasteiger partial charge on any atom is -0.323 e. The van der Waals surface area contributed by atoms with E-state index in [0.717, 1.165) is 5.69 Å². The summed E-state index contributed by atoms with van der Waals surface area (Å²) in [6, 6.07) is 20.2. The molecule has 0 aliphatic rings. The molecule has 3 nitrogen and oxygen atoms in total. The molecule has 0 bridgehead atoms. The fourth-order valence-corrected chi connectivity index (χ4v) is 3.46. The first kappa shape index (κ1) is 14.5. The molecular formula is C18H15NO2S. The van der Waals surface area contributed by atoms with Gasteiger partial charge in [-0.1, -0.05) is 42.5 Å². The minimum atomic E-state index is -1.38. The largest absolute Gasteiger partial charge is 0.323 e. The van der Waals surface area contributed by atoms with Crippen molar-refractivity contribution in [3.8, 4) is 5.69 Å². The molecule has 0 aliphatic heterocycles. The van der Waals surface area contributed by atoms with E-state index in [0.29, 0.717) is 10.5 Å². The Balaban J connectivity index is 1.86. The lowest BCUT2D eigenvalue weighted by atomic mass is 10.2. The van der Waals surface area contributed by atoms with E-state index in [4.69, 9.17) is 0 Å². The summed E-state index contributed by atoms with van der Waals surface area (Å²) in [6.07, 6.45) is 3.80. The first-order valence-electron chi connectivity index (χ1n) is 6.95. The number of benzene rings is 2. The van der Waals surface area contributed by atoms with Crippen LogP contribution in [-0.4, -0.2) is 20.3 Å². The van der Waals surface area contributed by atoms with E-state index in [-0.39, 0.29) is 11.5 Å². The van der Waals surface area contributed by atoms with E-state index in [9.17, 15) is 9.00 Å². The number of para-hydroxylation sites is 1. The average Bonchev–Trinajstić information content (AvgIpc) is 3.10. The van der Waals surface area contributed by atoms with E-state index in [1.165, 1.54) is 0 Å². The standard InChI is InChI=1S/C18H15NO2S/c20-17(15-8-2-1-3-9-15)14-22(21)18-11-5-4-10-16(18)19-12-6-7-13-19/h1-13H,14H2. The lowest BCUT2D eigenvalue weighted by Gasteiger charge is -2.10. The number of hydrogen-bond donors (Lipinski definition) is 0. The fraction of sp³-hybridized carbons (Fsp3) is 0.0556. The van der Waals surface area contributed by atoms with Crippen LogP contribution in [0.15, 0.2) is 84.0 Å². The number of hydrogen-bond acceptors (Lipinski definition) is 2. The van der Waals surface area contributed by atoms with Gasteiger partial charge < -0.3 is 4.57 Å². The molecule has 4 heteroatoms. The number of carbonyl (C=O) groups is 1. The van der Waals surface area contributed by atoms with Gasteiger partial charge in [-0.05, 0) is 24.3 Å². The fourth-order valence-electron chi connectivity index (χ4n) is 2.26. The molecule has 0 spiro atoms. The number of ketones is 1. The van der Waals surface area contributed by atoms with Crippen molar-refractivity contribution in [1.82, 2.24) is 4.57 Å². The lowest BCUT2D eigenvalue weighted by molar-refractivity contribution is 0.102. The van der Waals surface area contributed by atoms with E-state index < -0.39 is 10.8 Å². The van der Waals surface area contributed by atoms with Crippen molar-refractivity contribution in [2.45, 2.75) is 4.90 Å². The minimum absolute atomic E-state index is 0.0116. The highest BCUT2D eigenvalue weighted by atomic mass is 32.2. The third-order valence-corrected chi connectivity index (χ3v) is 4.71. The number of carbonyl (C=O) groups excluding carboxylic acids is 1. The molecule has 1 aromatic heterocycles. The number of nitrogens with zero attached hydrogens (tertiary/aromatic N) is 1. The van der Waals surface area contributed by atoms with Gasteiger partial charge in [-0.3, -0.25) is 9.00 Å². The van der Waals surface area contributed by atoms with Gasteiger partial charge in [-0.25, -0.2) is 0 Å². The smallest absolute Gasteiger partial charge is 0.175 e. The summed E-state index contributed by atoms with van der Waals surface area (Å²) < 4.78 is 14.5. The highest BCUT2D eigenvalue weighted by Crippen LogP contribution is 2.19. The molecule has 0 fully saturated rings. The Bertz CT molecular complexity index is 795. The van der Waals surface area contributed by atoms with Gasteiger partial charge in [-0.2, -0.15) is 0 Å². The third-order valence-electron chi connectivity index (χ3n) is 3.35. The summed E-state index contributed by atoms with van der Waals surface area (Å²) in [5, 5.41) is 0. The molecule has 0 amide bonds. The van der Waals surface area contributed by atoms with E-state index in [2.05, 4.69) is 0 Å². The van der Waals surface area contributed by atoms with Gasteiger partial charge in [-0.15, -0.1) is 0 Å². The Morgan fingerprint density at radius 1 is 0.864 bits per heavy atom. The molecule has 3 rings (SSSR count). The zero-order valence-corrected chi connectivity index (χ0v) is 12.7. The van der Waals surface area contributed by atoms with E-state index >= 15 is 0 Å². The van der Waals surface area contributed by atoms with Crippen LogP contribution in [0.3, 0.4) is 0 Å². The SMILES string of the molecule is O=C(CS(=O)c1ccccc1-n1cccc1)c1ccccc1. The second kappa shape index (κ2) is 6.54. The van der Waals surface area contributed by atoms with Crippen molar-refractivity contribution in [3.05, 3.63) is 84.7 Å². The Labute approximate surface area is 131 Å². The van der Waals surface area contributed by atoms with Crippen molar-refractivity contribution < 1.29 is 9.00 Å². The van der Waals surface area contributed by atoms with Gasteiger partial charge in [0.2, 0.25) is 0 Å². The highest BCUT2D eigenvalue weighted by Gasteiger charge is 2.15. The van der Waals surface area contributed by atoms with Gasteiger partial charge in [0.05, 0.1) is 27.1 Å². The van der Waals surface area contributed by atoms with Crippen LogP contribution in [0.1, 0.15) is 10.4 Å². The molecule has 3 aromatic rings. The molecule has 1 heterocycles. The predicted octanol–water partition coefficient (Wildman–Crippen LogP) is 3.47. The quantitative estimate of drug-likeness (QED) is 0.677. The maximum Gasteiger partial charge on any atom is 0.175 e. The maximum absolute atomic E-state index is 12.6. The first-order chi connectivity index (χ1) is 10.8. The number of aromatic nitrogens is 1. The van der Waals surface area contributed by atoms with Gasteiger partial charge in [0.15, 0.2) is 5.78 Å². The lowest BCUT2D eigenvalue weighted by Crippen LogP contribution is -2.12. The monoisotopic (exact) mass is 309 g/mol. The van der Waals surface area contributed by atoms with Gasteiger partial charge >= 0.3 is 0 Å². The van der Waals surface area contributed by atoms with Gasteiger partial charge in [0, 0.05) is 18.0 Å². The summed E-state index contributed by atoms with van der Waals surface area (Å²) in [7, 11) is -1.38. The molecule has 22 heavy (non-hydrogen) atoms. The van der Waals surface area contributed by atoms with Crippen LogP contribution in [0.5, 0.6) is 0 Å². The summed E-state index contributed by atoms with van der Waals surface area (Å²) >= 11 is 0. The van der Waals surface area contributed by atoms with Crippen molar-refractivity contribution in [2.75, 3.05) is 5.75 Å². The zero-order valence-electron chi connectivity index (χ0n) is 11.9. The Kier molecular flexibility index (Phi) is 4.30. The molecule has 0 N–H and O–H groups in total. The highest BCUT2D eigenvalue weighted by molar-refractivity contribution is 7.86. The van der Waals surface area contributed by atoms with E-state index in [1.54, 1.807) is 12.1 Å². The van der Waals surface area contributed by atoms with Crippen LogP contribution in [0.4, 0.5) is 0 Å². The summed E-state index contributed by atoms with van der Waals surface area (Å²) in [5.41, 5.74) is 1.43. The molecule has 1 atom stereocenters. The second-order valence-electron chi connectivity index (χ2n) is 4.84. The Morgan fingerprint density at radius 2 is 1.50 bits per heavy atom. The molecule has 0 radical (unpaired) electrons. The van der Waals surface area contributed by atoms with Crippen molar-refractivity contribution in [2.24, 2.45) is 0 Å². The average molecular weight is 309 g/mol. The summed E-state index contributed by atoms with van der Waals surface area (Å²) in [6.45, 7) is 0. The van der Waals surface area contributed by atoms with Crippen LogP contribution in [0, 0.1) is 0 Å². The van der Waals surface area contributed by atoms with Crippen LogP contribution >= 0.6 is 0 Å². The van der Waals surface area contributed by atoms with Crippen LogP contribution < -0.4 is 0 Å². The molecular weight excluding hydrogens is 294 g/mol. The van der Waals surface area contributed by atoms with Crippen molar-refractivity contribution in [1.29, 1.82) is 0 Å². The van der Waals surface area contributed by atoms with Crippen molar-refractivity contribution >= 4 is 16.6 Å². The number of Topliss-reactive ketones (excluding diaryl/α,β-unsaturated/α-hetero) is 1. The van der Waals surface area contributed by atoms with Crippen LogP contribution in [0.2, 0.25) is 0 Å².